The number of aromatic nitrogens is 2. The normalized spacial score (nSPS) is 18.1. The molecule has 1 aromatic rings. The molecule has 0 saturated heterocycles. The second kappa shape index (κ2) is 5.85. The predicted molar refractivity (Wildman–Crippen MR) is 73.8 cm³/mol. The third-order valence-corrected chi connectivity index (χ3v) is 4.85. The summed E-state index contributed by atoms with van der Waals surface area (Å²) < 4.78 is 3.13. The molecule has 0 spiro atoms. The summed E-state index contributed by atoms with van der Waals surface area (Å²) in [6.07, 6.45) is 5.76. The Labute approximate surface area is 119 Å². The van der Waals surface area contributed by atoms with Crippen LogP contribution in [0.15, 0.2) is 0 Å². The molecule has 0 bridgehead atoms. The van der Waals surface area contributed by atoms with Gasteiger partial charge < -0.3 is 10.3 Å². The Morgan fingerprint density at radius 1 is 1.35 bits per heavy atom. The molecular weight excluding hydrogens is 256 g/mol. The van der Waals surface area contributed by atoms with Crippen molar-refractivity contribution in [1.29, 1.82) is 0 Å². The molecule has 1 heterocycles. The Morgan fingerprint density at radius 3 is 2.40 bits per heavy atom. The van der Waals surface area contributed by atoms with E-state index in [1.54, 1.807) is 0 Å². The van der Waals surface area contributed by atoms with Gasteiger partial charge in [0.25, 0.3) is 0 Å². The Kier molecular flexibility index (Phi) is 4.35. The third-order valence-electron chi connectivity index (χ3n) is 4.85. The van der Waals surface area contributed by atoms with Gasteiger partial charge in [-0.3, -0.25) is 4.79 Å². The van der Waals surface area contributed by atoms with Crippen molar-refractivity contribution in [2.24, 2.45) is 13.0 Å². The maximum atomic E-state index is 11.2. The Morgan fingerprint density at radius 2 is 1.95 bits per heavy atom. The van der Waals surface area contributed by atoms with Gasteiger partial charge in [-0.15, -0.1) is 0 Å². The lowest BCUT2D eigenvalue weighted by Gasteiger charge is -2.26. The van der Waals surface area contributed by atoms with Crippen LogP contribution < -0.4 is 4.57 Å². The number of aliphatic carboxylic acids is 1. The van der Waals surface area contributed by atoms with E-state index >= 15 is 0 Å². The molecule has 20 heavy (non-hydrogen) atoms. The SMILES string of the molecule is Cc1c(C)[n+](C)c([C@H](CC(=O)O)C2CCCCC2)n1O. The maximum absolute atomic E-state index is 11.2. The van der Waals surface area contributed by atoms with Crippen molar-refractivity contribution in [3.63, 3.8) is 0 Å². The molecule has 2 N–H and O–H groups in total. The first kappa shape index (κ1) is 14.9. The minimum absolute atomic E-state index is 0.0853. The Hall–Kier alpha value is -1.52. The molecule has 0 radical (unpaired) electrons. The largest absolute Gasteiger partial charge is 0.481 e. The molecule has 112 valence electrons. The zero-order valence-corrected chi connectivity index (χ0v) is 12.6. The van der Waals surface area contributed by atoms with E-state index in [0.29, 0.717) is 5.92 Å². The van der Waals surface area contributed by atoms with Gasteiger partial charge in [0.05, 0.1) is 19.4 Å². The van der Waals surface area contributed by atoms with Crippen LogP contribution in [0.25, 0.3) is 0 Å². The van der Waals surface area contributed by atoms with Crippen molar-refractivity contribution >= 4 is 5.97 Å². The standard InChI is InChI=1S/C15H24N2O3/c1-10-11(2)17(20)15(16(10)3)13(9-14(18)19)12-7-5-4-6-8-12/h12-13H,4-9H2,1-3H3,(H-,18,19,20)/p+1/t13-/m1/s1. The number of hydrogen-bond acceptors (Lipinski definition) is 2. The van der Waals surface area contributed by atoms with E-state index in [-0.39, 0.29) is 12.3 Å². The molecule has 5 heteroatoms. The first-order valence-corrected chi connectivity index (χ1v) is 7.42. The molecule has 1 aliphatic carbocycles. The highest BCUT2D eigenvalue weighted by atomic mass is 16.5. The number of carboxylic acids is 1. The fraction of sp³-hybridized carbons (Fsp3) is 0.733. The van der Waals surface area contributed by atoms with Gasteiger partial charge in [0.2, 0.25) is 0 Å². The second-order valence-corrected chi connectivity index (χ2v) is 6.00. The Bertz CT molecular complexity index is 476. The molecule has 0 aliphatic heterocycles. The number of nitrogens with zero attached hydrogens (tertiary/aromatic N) is 2. The molecule has 0 amide bonds. The van der Waals surface area contributed by atoms with Crippen LogP contribution in [0.4, 0.5) is 0 Å². The number of rotatable bonds is 4. The zero-order chi connectivity index (χ0) is 14.9. The smallest absolute Gasteiger partial charge is 0.304 e. The number of imidazole rings is 1. The lowest BCUT2D eigenvalue weighted by Crippen LogP contribution is -2.39. The van der Waals surface area contributed by atoms with Crippen LogP contribution in [-0.2, 0) is 11.8 Å². The molecule has 0 unspecified atom stereocenters. The highest BCUT2D eigenvalue weighted by Crippen LogP contribution is 2.37. The molecule has 1 aliphatic rings. The minimum Gasteiger partial charge on any atom is -0.481 e. The van der Waals surface area contributed by atoms with Crippen molar-refractivity contribution in [1.82, 2.24) is 4.73 Å². The summed E-state index contributed by atoms with van der Waals surface area (Å²) >= 11 is 0. The van der Waals surface area contributed by atoms with Crippen LogP contribution in [-0.4, -0.2) is 21.0 Å². The number of carbonyl (C=O) groups is 1. The molecule has 1 atom stereocenters. The fourth-order valence-electron chi connectivity index (χ4n) is 3.48. The monoisotopic (exact) mass is 281 g/mol. The van der Waals surface area contributed by atoms with Gasteiger partial charge in [0, 0.05) is 13.8 Å². The van der Waals surface area contributed by atoms with Gasteiger partial charge in [0.15, 0.2) is 5.69 Å². The van der Waals surface area contributed by atoms with Crippen LogP contribution in [0.2, 0.25) is 0 Å². The highest BCUT2D eigenvalue weighted by Gasteiger charge is 2.38. The Balaban J connectivity index is 2.40. The minimum atomic E-state index is -0.794. The molecule has 0 aromatic carbocycles. The van der Waals surface area contributed by atoms with Crippen molar-refractivity contribution in [2.75, 3.05) is 0 Å². The molecule has 1 fully saturated rings. The van der Waals surface area contributed by atoms with E-state index < -0.39 is 5.97 Å². The molecule has 1 aromatic heterocycles. The molecular formula is C15H25N2O3+. The van der Waals surface area contributed by atoms with E-state index in [4.69, 9.17) is 0 Å². The van der Waals surface area contributed by atoms with Crippen molar-refractivity contribution in [3.8, 4) is 0 Å². The summed E-state index contributed by atoms with van der Waals surface area (Å²) in [7, 11) is 1.90. The number of hydrogen-bond donors (Lipinski definition) is 2. The van der Waals surface area contributed by atoms with Crippen LogP contribution in [0, 0.1) is 19.8 Å². The average Bonchev–Trinajstić information content (AvgIpc) is 2.62. The van der Waals surface area contributed by atoms with Crippen LogP contribution in [0.3, 0.4) is 0 Å². The lowest BCUT2D eigenvalue weighted by molar-refractivity contribution is -0.687. The molecule has 5 nitrogen and oxygen atoms in total. The summed E-state index contributed by atoms with van der Waals surface area (Å²) in [6.45, 7) is 3.81. The quantitative estimate of drug-likeness (QED) is 0.657. The van der Waals surface area contributed by atoms with Crippen LogP contribution in [0.5, 0.6) is 0 Å². The van der Waals surface area contributed by atoms with E-state index in [2.05, 4.69) is 0 Å². The summed E-state index contributed by atoms with van der Waals surface area (Å²) in [5.74, 6) is 0.173. The van der Waals surface area contributed by atoms with Gasteiger partial charge in [-0.2, -0.15) is 0 Å². The zero-order valence-electron chi connectivity index (χ0n) is 12.6. The summed E-state index contributed by atoms with van der Waals surface area (Å²) in [5.41, 5.74) is 1.77. The maximum Gasteiger partial charge on any atom is 0.304 e. The fourth-order valence-corrected chi connectivity index (χ4v) is 3.48. The highest BCUT2D eigenvalue weighted by molar-refractivity contribution is 5.67. The van der Waals surface area contributed by atoms with E-state index in [1.165, 1.54) is 11.2 Å². The first-order valence-electron chi connectivity index (χ1n) is 7.42. The van der Waals surface area contributed by atoms with Crippen LogP contribution >= 0.6 is 0 Å². The molecule has 1 saturated carbocycles. The topological polar surface area (TPSA) is 66.3 Å². The lowest BCUT2D eigenvalue weighted by atomic mass is 9.78. The summed E-state index contributed by atoms with van der Waals surface area (Å²) in [4.78, 5) is 11.2. The van der Waals surface area contributed by atoms with Gasteiger partial charge in [-0.25, -0.2) is 4.57 Å². The first-order chi connectivity index (χ1) is 9.43. The van der Waals surface area contributed by atoms with Crippen molar-refractivity contribution in [3.05, 3.63) is 17.2 Å². The van der Waals surface area contributed by atoms with Gasteiger partial charge in [-0.05, 0) is 23.5 Å². The van der Waals surface area contributed by atoms with E-state index in [1.807, 2.05) is 25.5 Å². The van der Waals surface area contributed by atoms with E-state index in [0.717, 1.165) is 42.9 Å². The average molecular weight is 281 g/mol. The third kappa shape index (κ3) is 2.67. The van der Waals surface area contributed by atoms with Crippen molar-refractivity contribution in [2.45, 2.75) is 58.3 Å². The van der Waals surface area contributed by atoms with Gasteiger partial charge in [-0.1, -0.05) is 19.3 Å². The summed E-state index contributed by atoms with van der Waals surface area (Å²) in [6, 6.07) is 0. The second-order valence-electron chi connectivity index (χ2n) is 6.00. The number of carboxylic acid groups (broad SMARTS) is 1. The van der Waals surface area contributed by atoms with Crippen LogP contribution in [0.1, 0.15) is 61.7 Å². The molecule has 2 rings (SSSR count). The van der Waals surface area contributed by atoms with E-state index in [9.17, 15) is 15.1 Å². The summed E-state index contributed by atoms with van der Waals surface area (Å²) in [5, 5.41) is 19.5. The predicted octanol–water partition coefficient (Wildman–Crippen LogP) is 2.31. The van der Waals surface area contributed by atoms with Gasteiger partial charge in [0.1, 0.15) is 5.69 Å². The van der Waals surface area contributed by atoms with Gasteiger partial charge >= 0.3 is 11.8 Å². The van der Waals surface area contributed by atoms with Crippen molar-refractivity contribution < 1.29 is 19.7 Å².